The fraction of sp³-hybridized carbons (Fsp3) is 0.400. The van der Waals surface area contributed by atoms with Gasteiger partial charge < -0.3 is 10.1 Å². The second-order valence-corrected chi connectivity index (χ2v) is 5.64. The van der Waals surface area contributed by atoms with Crippen LogP contribution >= 0.6 is 0 Å². The maximum absolute atomic E-state index is 12.1. The summed E-state index contributed by atoms with van der Waals surface area (Å²) in [5.74, 6) is 0.0829. The summed E-state index contributed by atoms with van der Waals surface area (Å²) in [4.78, 5) is 32.1. The van der Waals surface area contributed by atoms with E-state index in [1.807, 2.05) is 19.1 Å². The molecule has 0 atom stereocenters. The molecular weight excluding hydrogens is 270 g/mol. The van der Waals surface area contributed by atoms with Crippen LogP contribution in [0.2, 0.25) is 0 Å². The molecule has 6 heteroatoms. The van der Waals surface area contributed by atoms with Crippen molar-refractivity contribution >= 4 is 16.9 Å². The van der Waals surface area contributed by atoms with Gasteiger partial charge in [-0.2, -0.15) is 0 Å². The summed E-state index contributed by atoms with van der Waals surface area (Å²) in [6.45, 7) is 3.96. The van der Waals surface area contributed by atoms with E-state index in [2.05, 4.69) is 14.9 Å². The SMILES string of the molecule is Cc1cccc2c(=O)[nH]c(CN3CC(CC(=O)O)C3)nc12. The number of nitrogens with zero attached hydrogens (tertiary/aromatic N) is 2. The van der Waals surface area contributed by atoms with E-state index in [1.165, 1.54) is 0 Å². The van der Waals surface area contributed by atoms with Gasteiger partial charge in [-0.15, -0.1) is 0 Å². The molecule has 1 aliphatic rings. The molecule has 110 valence electrons. The van der Waals surface area contributed by atoms with Crippen LogP contribution in [0.5, 0.6) is 0 Å². The minimum atomic E-state index is -0.757. The zero-order valence-electron chi connectivity index (χ0n) is 11.8. The number of hydrogen-bond acceptors (Lipinski definition) is 4. The van der Waals surface area contributed by atoms with Crippen molar-refractivity contribution in [1.82, 2.24) is 14.9 Å². The lowest BCUT2D eigenvalue weighted by Crippen LogP contribution is -2.47. The topological polar surface area (TPSA) is 86.3 Å². The molecule has 1 aliphatic heterocycles. The van der Waals surface area contributed by atoms with Crippen molar-refractivity contribution in [2.75, 3.05) is 13.1 Å². The number of rotatable bonds is 4. The summed E-state index contributed by atoms with van der Waals surface area (Å²) < 4.78 is 0. The third-order valence-corrected chi connectivity index (χ3v) is 3.86. The normalized spacial score (nSPS) is 16.0. The van der Waals surface area contributed by atoms with Crippen molar-refractivity contribution in [2.45, 2.75) is 19.9 Å². The van der Waals surface area contributed by atoms with Gasteiger partial charge in [0.05, 0.1) is 23.9 Å². The molecule has 0 spiro atoms. The summed E-state index contributed by atoms with van der Waals surface area (Å²) in [7, 11) is 0. The Bertz CT molecular complexity index is 747. The maximum Gasteiger partial charge on any atom is 0.303 e. The number of likely N-dealkylation sites (tertiary alicyclic amines) is 1. The highest BCUT2D eigenvalue weighted by atomic mass is 16.4. The highest BCUT2D eigenvalue weighted by Gasteiger charge is 2.28. The van der Waals surface area contributed by atoms with E-state index in [4.69, 9.17) is 5.11 Å². The number of H-pyrrole nitrogens is 1. The summed E-state index contributed by atoms with van der Waals surface area (Å²) in [5, 5.41) is 9.33. The molecule has 6 nitrogen and oxygen atoms in total. The number of hydrogen-bond donors (Lipinski definition) is 2. The van der Waals surface area contributed by atoms with Crippen LogP contribution in [-0.2, 0) is 11.3 Å². The molecule has 0 unspecified atom stereocenters. The van der Waals surface area contributed by atoms with Crippen molar-refractivity contribution in [3.63, 3.8) is 0 Å². The van der Waals surface area contributed by atoms with Crippen LogP contribution in [0.3, 0.4) is 0 Å². The second-order valence-electron chi connectivity index (χ2n) is 5.64. The van der Waals surface area contributed by atoms with Gasteiger partial charge in [-0.05, 0) is 24.5 Å². The molecule has 2 N–H and O–H groups in total. The lowest BCUT2D eigenvalue weighted by atomic mass is 9.96. The van der Waals surface area contributed by atoms with Crippen LogP contribution in [0, 0.1) is 12.8 Å². The smallest absolute Gasteiger partial charge is 0.303 e. The number of carbonyl (C=O) groups is 1. The molecule has 1 saturated heterocycles. The summed E-state index contributed by atoms with van der Waals surface area (Å²) in [6.07, 6.45) is 0.206. The van der Waals surface area contributed by atoms with Crippen molar-refractivity contribution in [3.05, 3.63) is 39.9 Å². The number of carboxylic acids is 1. The van der Waals surface area contributed by atoms with Crippen molar-refractivity contribution in [1.29, 1.82) is 0 Å². The Hall–Kier alpha value is -2.21. The third-order valence-electron chi connectivity index (χ3n) is 3.86. The average Bonchev–Trinajstić information content (AvgIpc) is 2.37. The zero-order chi connectivity index (χ0) is 15.0. The molecule has 0 aliphatic carbocycles. The van der Waals surface area contributed by atoms with Crippen LogP contribution in [0.25, 0.3) is 10.9 Å². The van der Waals surface area contributed by atoms with Crippen molar-refractivity contribution in [2.24, 2.45) is 5.92 Å². The highest BCUT2D eigenvalue weighted by molar-refractivity contribution is 5.80. The van der Waals surface area contributed by atoms with E-state index >= 15 is 0 Å². The number of fused-ring (bicyclic) bond motifs is 1. The predicted octanol–water partition coefficient (Wildman–Crippen LogP) is 1.14. The number of aliphatic carboxylic acids is 1. The van der Waals surface area contributed by atoms with Crippen LogP contribution in [0.1, 0.15) is 17.8 Å². The Morgan fingerprint density at radius 2 is 2.24 bits per heavy atom. The van der Waals surface area contributed by atoms with Crippen LogP contribution in [-0.4, -0.2) is 39.0 Å². The molecule has 1 aromatic carbocycles. The first-order valence-corrected chi connectivity index (χ1v) is 6.95. The van der Waals surface area contributed by atoms with Crippen LogP contribution < -0.4 is 5.56 Å². The molecule has 2 aromatic rings. The Labute approximate surface area is 121 Å². The number of aromatic nitrogens is 2. The fourth-order valence-electron chi connectivity index (χ4n) is 2.82. The van der Waals surface area contributed by atoms with E-state index in [-0.39, 0.29) is 17.9 Å². The monoisotopic (exact) mass is 287 g/mol. The standard InChI is InChI=1S/C15H17N3O3/c1-9-3-2-4-11-14(9)16-12(17-15(11)21)8-18-6-10(7-18)5-13(19)20/h2-4,10H,5-8H2,1H3,(H,19,20)(H,16,17,21). The van der Waals surface area contributed by atoms with Gasteiger partial charge in [-0.1, -0.05) is 12.1 Å². The molecule has 0 bridgehead atoms. The molecule has 0 amide bonds. The van der Waals surface area contributed by atoms with Gasteiger partial charge in [0.15, 0.2) is 0 Å². The number of carboxylic acid groups (broad SMARTS) is 1. The van der Waals surface area contributed by atoms with Gasteiger partial charge in [0.1, 0.15) is 5.82 Å². The molecule has 1 aromatic heterocycles. The minimum absolute atomic E-state index is 0.124. The molecule has 3 rings (SSSR count). The van der Waals surface area contributed by atoms with Crippen LogP contribution in [0.15, 0.2) is 23.0 Å². The molecule has 0 radical (unpaired) electrons. The van der Waals surface area contributed by atoms with E-state index in [9.17, 15) is 9.59 Å². The number of benzene rings is 1. The summed E-state index contributed by atoms with van der Waals surface area (Å²) in [6, 6.07) is 5.55. The Morgan fingerprint density at radius 1 is 1.48 bits per heavy atom. The summed E-state index contributed by atoms with van der Waals surface area (Å²) >= 11 is 0. The van der Waals surface area contributed by atoms with Gasteiger partial charge in [0, 0.05) is 13.1 Å². The first-order valence-electron chi connectivity index (χ1n) is 6.95. The third kappa shape index (κ3) is 2.80. The Morgan fingerprint density at radius 3 is 2.95 bits per heavy atom. The number of para-hydroxylation sites is 1. The molecule has 21 heavy (non-hydrogen) atoms. The highest BCUT2D eigenvalue weighted by Crippen LogP contribution is 2.21. The van der Waals surface area contributed by atoms with Crippen LogP contribution in [0.4, 0.5) is 0 Å². The molecular formula is C15H17N3O3. The lowest BCUT2D eigenvalue weighted by Gasteiger charge is -2.38. The number of aromatic amines is 1. The Balaban J connectivity index is 1.76. The van der Waals surface area contributed by atoms with E-state index in [0.717, 1.165) is 24.2 Å². The van der Waals surface area contributed by atoms with Gasteiger partial charge >= 0.3 is 5.97 Å². The number of aryl methyl sites for hydroxylation is 1. The lowest BCUT2D eigenvalue weighted by molar-refractivity contribution is -0.139. The Kier molecular flexibility index (Phi) is 3.47. The molecule has 1 fully saturated rings. The average molecular weight is 287 g/mol. The second kappa shape index (κ2) is 5.29. The number of nitrogens with one attached hydrogen (secondary N) is 1. The summed E-state index contributed by atoms with van der Waals surface area (Å²) in [5.41, 5.74) is 1.59. The zero-order valence-corrected chi connectivity index (χ0v) is 11.8. The van der Waals surface area contributed by atoms with Gasteiger partial charge in [-0.25, -0.2) is 4.98 Å². The van der Waals surface area contributed by atoms with Gasteiger partial charge in [0.25, 0.3) is 5.56 Å². The van der Waals surface area contributed by atoms with Crippen molar-refractivity contribution < 1.29 is 9.90 Å². The largest absolute Gasteiger partial charge is 0.481 e. The first kappa shape index (κ1) is 13.8. The van der Waals surface area contributed by atoms with Gasteiger partial charge in [-0.3, -0.25) is 14.5 Å². The van der Waals surface area contributed by atoms with E-state index in [0.29, 0.717) is 17.8 Å². The molecule has 2 heterocycles. The maximum atomic E-state index is 12.1. The van der Waals surface area contributed by atoms with Crippen molar-refractivity contribution in [3.8, 4) is 0 Å². The van der Waals surface area contributed by atoms with E-state index < -0.39 is 5.97 Å². The quantitative estimate of drug-likeness (QED) is 0.880. The van der Waals surface area contributed by atoms with Gasteiger partial charge in [0.2, 0.25) is 0 Å². The first-order chi connectivity index (χ1) is 10.0. The fourth-order valence-corrected chi connectivity index (χ4v) is 2.82. The predicted molar refractivity (Wildman–Crippen MR) is 78.1 cm³/mol. The van der Waals surface area contributed by atoms with E-state index in [1.54, 1.807) is 6.07 Å². The molecule has 0 saturated carbocycles. The minimum Gasteiger partial charge on any atom is -0.481 e.